The number of halogens is 1. The minimum absolute atomic E-state index is 0.0188. The van der Waals surface area contributed by atoms with Crippen LogP contribution < -0.4 is 10.6 Å². The SMILES string of the molecule is O=C(CNCCC1CCCO1)Nc1ccc(Br)cc1. The Bertz CT molecular complexity index is 402. The van der Waals surface area contributed by atoms with E-state index in [1.807, 2.05) is 24.3 Å². The molecule has 2 rings (SSSR count). The molecule has 1 aliphatic heterocycles. The summed E-state index contributed by atoms with van der Waals surface area (Å²) < 4.78 is 6.52. The van der Waals surface area contributed by atoms with Crippen molar-refractivity contribution in [3.8, 4) is 0 Å². The largest absolute Gasteiger partial charge is 0.378 e. The maximum Gasteiger partial charge on any atom is 0.238 e. The van der Waals surface area contributed by atoms with Gasteiger partial charge in [-0.3, -0.25) is 4.79 Å². The summed E-state index contributed by atoms with van der Waals surface area (Å²) in [5.41, 5.74) is 0.814. The van der Waals surface area contributed by atoms with Crippen molar-refractivity contribution in [1.82, 2.24) is 5.32 Å². The van der Waals surface area contributed by atoms with Gasteiger partial charge in [0.1, 0.15) is 0 Å². The molecule has 2 N–H and O–H groups in total. The van der Waals surface area contributed by atoms with E-state index in [1.165, 1.54) is 0 Å². The Balaban J connectivity index is 1.60. The van der Waals surface area contributed by atoms with Crippen molar-refractivity contribution in [2.45, 2.75) is 25.4 Å². The summed E-state index contributed by atoms with van der Waals surface area (Å²) in [6.07, 6.45) is 3.66. The smallest absolute Gasteiger partial charge is 0.238 e. The molecule has 1 saturated heterocycles. The Labute approximate surface area is 122 Å². The van der Waals surface area contributed by atoms with Gasteiger partial charge in [0.25, 0.3) is 0 Å². The Morgan fingerprint density at radius 1 is 1.37 bits per heavy atom. The lowest BCUT2D eigenvalue weighted by molar-refractivity contribution is -0.115. The molecule has 104 valence electrons. The summed E-state index contributed by atoms with van der Waals surface area (Å²) in [6.45, 7) is 2.04. The van der Waals surface area contributed by atoms with E-state index < -0.39 is 0 Å². The monoisotopic (exact) mass is 326 g/mol. The van der Waals surface area contributed by atoms with Gasteiger partial charge in [-0.25, -0.2) is 0 Å². The number of carbonyl (C=O) groups is 1. The van der Waals surface area contributed by atoms with Crippen LogP contribution in [0.5, 0.6) is 0 Å². The van der Waals surface area contributed by atoms with Crippen LogP contribution in [0.1, 0.15) is 19.3 Å². The number of amides is 1. The molecule has 1 atom stereocenters. The molecule has 0 aliphatic carbocycles. The van der Waals surface area contributed by atoms with E-state index in [1.54, 1.807) is 0 Å². The highest BCUT2D eigenvalue weighted by Crippen LogP contribution is 2.15. The molecular formula is C14H19BrN2O2. The van der Waals surface area contributed by atoms with E-state index in [4.69, 9.17) is 4.74 Å². The third-order valence-corrected chi connectivity index (χ3v) is 3.61. The van der Waals surface area contributed by atoms with Gasteiger partial charge in [0.15, 0.2) is 0 Å². The van der Waals surface area contributed by atoms with Gasteiger partial charge in [-0.2, -0.15) is 0 Å². The molecule has 4 nitrogen and oxygen atoms in total. The minimum Gasteiger partial charge on any atom is -0.378 e. The van der Waals surface area contributed by atoms with Crippen LogP contribution in [-0.4, -0.2) is 31.7 Å². The van der Waals surface area contributed by atoms with Gasteiger partial charge in [0.2, 0.25) is 5.91 Å². The first-order valence-electron chi connectivity index (χ1n) is 6.62. The second-order valence-electron chi connectivity index (χ2n) is 4.66. The van der Waals surface area contributed by atoms with Gasteiger partial charge >= 0.3 is 0 Å². The molecule has 19 heavy (non-hydrogen) atoms. The van der Waals surface area contributed by atoms with E-state index in [-0.39, 0.29) is 5.91 Å². The standard InChI is InChI=1S/C14H19BrN2O2/c15-11-3-5-12(6-4-11)17-14(18)10-16-8-7-13-2-1-9-19-13/h3-6,13,16H,1-2,7-10H2,(H,17,18). The predicted molar refractivity (Wildman–Crippen MR) is 79.2 cm³/mol. The van der Waals surface area contributed by atoms with Crippen LogP contribution >= 0.6 is 15.9 Å². The zero-order valence-corrected chi connectivity index (χ0v) is 12.4. The molecule has 0 saturated carbocycles. The molecule has 0 bridgehead atoms. The predicted octanol–water partition coefficient (Wildman–Crippen LogP) is 2.55. The van der Waals surface area contributed by atoms with Gasteiger partial charge in [-0.1, -0.05) is 15.9 Å². The zero-order valence-electron chi connectivity index (χ0n) is 10.8. The normalized spacial score (nSPS) is 18.5. The molecule has 5 heteroatoms. The first kappa shape index (κ1) is 14.5. The maximum atomic E-state index is 11.7. The fourth-order valence-electron chi connectivity index (χ4n) is 2.08. The number of benzene rings is 1. The first-order chi connectivity index (χ1) is 9.24. The topological polar surface area (TPSA) is 50.4 Å². The average Bonchev–Trinajstić information content (AvgIpc) is 2.91. The number of hydrogen-bond donors (Lipinski definition) is 2. The van der Waals surface area contributed by atoms with E-state index in [0.717, 1.165) is 42.6 Å². The maximum absolute atomic E-state index is 11.7. The van der Waals surface area contributed by atoms with E-state index in [9.17, 15) is 4.79 Å². The Kier molecular flexibility index (Phi) is 5.82. The van der Waals surface area contributed by atoms with Crippen LogP contribution in [0.2, 0.25) is 0 Å². The third kappa shape index (κ3) is 5.30. The van der Waals surface area contributed by atoms with Crippen molar-refractivity contribution in [3.63, 3.8) is 0 Å². The molecule has 1 aliphatic rings. The second-order valence-corrected chi connectivity index (χ2v) is 5.57. The molecule has 1 fully saturated rings. The average molecular weight is 327 g/mol. The summed E-state index contributed by atoms with van der Waals surface area (Å²) >= 11 is 3.36. The first-order valence-corrected chi connectivity index (χ1v) is 7.41. The minimum atomic E-state index is -0.0188. The van der Waals surface area contributed by atoms with Crippen molar-refractivity contribution in [3.05, 3.63) is 28.7 Å². The van der Waals surface area contributed by atoms with Gasteiger partial charge in [0, 0.05) is 16.8 Å². The summed E-state index contributed by atoms with van der Waals surface area (Å²) in [7, 11) is 0. The highest BCUT2D eigenvalue weighted by molar-refractivity contribution is 9.10. The van der Waals surface area contributed by atoms with Crippen LogP contribution in [0.25, 0.3) is 0 Å². The number of rotatable bonds is 6. The Hall–Kier alpha value is -0.910. The van der Waals surface area contributed by atoms with E-state index in [0.29, 0.717) is 12.6 Å². The number of anilines is 1. The van der Waals surface area contributed by atoms with Crippen LogP contribution in [0.15, 0.2) is 28.7 Å². The number of hydrogen-bond acceptors (Lipinski definition) is 3. The molecule has 0 spiro atoms. The Morgan fingerprint density at radius 3 is 2.84 bits per heavy atom. The molecule has 1 aromatic rings. The summed E-state index contributed by atoms with van der Waals surface area (Å²) in [5, 5.41) is 5.99. The summed E-state index contributed by atoms with van der Waals surface area (Å²) in [4.78, 5) is 11.7. The zero-order chi connectivity index (χ0) is 13.5. The van der Waals surface area contributed by atoms with Gasteiger partial charge < -0.3 is 15.4 Å². The molecule has 1 heterocycles. The van der Waals surface area contributed by atoms with Crippen LogP contribution in [0.3, 0.4) is 0 Å². The molecule has 0 radical (unpaired) electrons. The number of carbonyl (C=O) groups excluding carboxylic acids is 1. The van der Waals surface area contributed by atoms with Crippen LogP contribution in [-0.2, 0) is 9.53 Å². The molecule has 0 aromatic heterocycles. The molecular weight excluding hydrogens is 308 g/mol. The van der Waals surface area contributed by atoms with Crippen molar-refractivity contribution in [2.75, 3.05) is 25.0 Å². The fraction of sp³-hybridized carbons (Fsp3) is 0.500. The van der Waals surface area contributed by atoms with Crippen LogP contribution in [0, 0.1) is 0 Å². The molecule has 1 aromatic carbocycles. The van der Waals surface area contributed by atoms with E-state index >= 15 is 0 Å². The lowest BCUT2D eigenvalue weighted by atomic mass is 10.2. The fourth-order valence-corrected chi connectivity index (χ4v) is 2.34. The van der Waals surface area contributed by atoms with Crippen molar-refractivity contribution in [1.29, 1.82) is 0 Å². The van der Waals surface area contributed by atoms with Gasteiger partial charge in [-0.15, -0.1) is 0 Å². The Morgan fingerprint density at radius 2 is 2.16 bits per heavy atom. The third-order valence-electron chi connectivity index (χ3n) is 3.08. The van der Waals surface area contributed by atoms with Gasteiger partial charge in [0.05, 0.1) is 12.6 Å². The highest BCUT2D eigenvalue weighted by Gasteiger charge is 2.14. The lowest BCUT2D eigenvalue weighted by Gasteiger charge is -2.10. The second kappa shape index (κ2) is 7.62. The van der Waals surface area contributed by atoms with Crippen molar-refractivity contribution >= 4 is 27.5 Å². The number of nitrogens with one attached hydrogen (secondary N) is 2. The molecule has 1 unspecified atom stereocenters. The van der Waals surface area contributed by atoms with Gasteiger partial charge in [-0.05, 0) is 50.1 Å². The quantitative estimate of drug-likeness (QED) is 0.790. The van der Waals surface area contributed by atoms with Crippen molar-refractivity contribution in [2.24, 2.45) is 0 Å². The highest BCUT2D eigenvalue weighted by atomic mass is 79.9. The number of ether oxygens (including phenoxy) is 1. The summed E-state index contributed by atoms with van der Waals surface area (Å²) in [5.74, 6) is -0.0188. The van der Waals surface area contributed by atoms with E-state index in [2.05, 4.69) is 26.6 Å². The van der Waals surface area contributed by atoms with Crippen molar-refractivity contribution < 1.29 is 9.53 Å². The van der Waals surface area contributed by atoms with Crippen LogP contribution in [0.4, 0.5) is 5.69 Å². The summed E-state index contributed by atoms with van der Waals surface area (Å²) in [6, 6.07) is 7.55. The molecule has 1 amide bonds. The lowest BCUT2D eigenvalue weighted by Crippen LogP contribution is -2.30.